The number of nitrogens with zero attached hydrogens (tertiary/aromatic N) is 1. The van der Waals surface area contributed by atoms with E-state index in [1.807, 2.05) is 5.43 Å². The Morgan fingerprint density at radius 1 is 0.972 bits per heavy atom. The van der Waals surface area contributed by atoms with Gasteiger partial charge in [-0.1, -0.05) is 46.9 Å². The number of hydrogen-bond donors (Lipinski definition) is 2. The van der Waals surface area contributed by atoms with E-state index in [1.54, 1.807) is 0 Å². The number of carbonyl (C=O) groups is 2. The molecule has 0 spiro atoms. The molecule has 0 radical (unpaired) electrons. The van der Waals surface area contributed by atoms with Gasteiger partial charge in [-0.2, -0.15) is 26.3 Å². The van der Waals surface area contributed by atoms with E-state index in [0.717, 1.165) is 43.4 Å². The predicted molar refractivity (Wildman–Crippen MR) is 120 cm³/mol. The molecule has 2 N–H and O–H groups in total. The van der Waals surface area contributed by atoms with Crippen molar-refractivity contribution in [3.8, 4) is 0 Å². The Labute approximate surface area is 214 Å². The van der Waals surface area contributed by atoms with E-state index >= 15 is 0 Å². The number of hydrazine groups is 1. The Morgan fingerprint density at radius 2 is 1.47 bits per heavy atom. The number of carbonyl (C=O) groups excluding carboxylic acids is 2. The number of amides is 3. The topological polar surface area (TPSA) is 61.4 Å². The molecule has 0 aliphatic heterocycles. The molecule has 3 amide bonds. The first-order valence-electron chi connectivity index (χ1n) is 9.58. The van der Waals surface area contributed by atoms with Crippen molar-refractivity contribution < 1.29 is 40.3 Å². The quantitative estimate of drug-likeness (QED) is 0.224. The maximum absolute atomic E-state index is 14.7. The van der Waals surface area contributed by atoms with Gasteiger partial charge in [-0.25, -0.2) is 14.2 Å². The molecular formula is C21H15Cl3F7N3O2. The largest absolute Gasteiger partial charge is 0.405 e. The van der Waals surface area contributed by atoms with Crippen LogP contribution in [0.15, 0.2) is 42.5 Å². The monoisotopic (exact) mass is 579 g/mol. The SMILES string of the molecule is CN(NC(=O)c1ccc(/C(F)=C/C(c2cc(Cl)c(Cl)c(Cl)c2)C(F)(F)F)cc1)C(=O)NCC(F)(F)F. The first kappa shape index (κ1) is 29.5. The fourth-order valence-electron chi connectivity index (χ4n) is 2.72. The van der Waals surface area contributed by atoms with Crippen LogP contribution in [0.4, 0.5) is 35.5 Å². The molecule has 0 saturated heterocycles. The molecule has 0 saturated carbocycles. The smallest absolute Gasteiger partial charge is 0.327 e. The molecule has 5 nitrogen and oxygen atoms in total. The fraction of sp³-hybridized carbons (Fsp3) is 0.238. The number of alkyl halides is 6. The Morgan fingerprint density at radius 3 is 1.94 bits per heavy atom. The summed E-state index contributed by atoms with van der Waals surface area (Å²) in [5, 5.41) is 1.32. The molecule has 2 aromatic carbocycles. The number of nitrogens with one attached hydrogen (secondary N) is 2. The van der Waals surface area contributed by atoms with Crippen LogP contribution < -0.4 is 10.7 Å². The van der Waals surface area contributed by atoms with Crippen molar-refractivity contribution in [2.45, 2.75) is 18.3 Å². The standard InChI is InChI=1S/C21H15Cl3F7N3O2/c1-34(19(36)32-9-20(26,27)28)33-18(35)11-4-2-10(3-5-11)16(25)8-13(21(29,30)31)12-6-14(22)17(24)15(23)7-12/h2-8,13H,9H2,1H3,(H,32,36)(H,33,35)/b16-8-. The molecule has 1 unspecified atom stereocenters. The van der Waals surface area contributed by atoms with E-state index in [-0.39, 0.29) is 26.2 Å². The van der Waals surface area contributed by atoms with Gasteiger partial charge in [0.15, 0.2) is 0 Å². The highest BCUT2D eigenvalue weighted by Gasteiger charge is 2.40. The van der Waals surface area contributed by atoms with Crippen LogP contribution in [0.25, 0.3) is 5.83 Å². The lowest BCUT2D eigenvalue weighted by Gasteiger charge is -2.19. The Balaban J connectivity index is 2.19. The summed E-state index contributed by atoms with van der Waals surface area (Å²) in [7, 11) is 0.979. The lowest BCUT2D eigenvalue weighted by atomic mass is 9.96. The fourth-order valence-corrected chi connectivity index (χ4v) is 3.33. The molecular weight excluding hydrogens is 566 g/mol. The zero-order chi connectivity index (χ0) is 27.4. The van der Waals surface area contributed by atoms with Crippen LogP contribution in [0.2, 0.25) is 15.1 Å². The summed E-state index contributed by atoms with van der Waals surface area (Å²) < 4.78 is 92.1. The number of urea groups is 1. The number of halogens is 10. The van der Waals surface area contributed by atoms with Gasteiger partial charge < -0.3 is 5.32 Å². The average Bonchev–Trinajstić information content (AvgIpc) is 2.77. The van der Waals surface area contributed by atoms with Crippen LogP contribution >= 0.6 is 34.8 Å². The Kier molecular flexibility index (Phi) is 9.49. The van der Waals surface area contributed by atoms with Crippen molar-refractivity contribution in [2.24, 2.45) is 0 Å². The first-order valence-corrected chi connectivity index (χ1v) is 10.7. The van der Waals surface area contributed by atoms with E-state index in [1.165, 1.54) is 5.32 Å². The minimum atomic E-state index is -4.92. The molecule has 2 aromatic rings. The molecule has 36 heavy (non-hydrogen) atoms. The molecule has 0 fully saturated rings. The molecule has 15 heteroatoms. The predicted octanol–water partition coefficient (Wildman–Crippen LogP) is 7.15. The van der Waals surface area contributed by atoms with E-state index in [0.29, 0.717) is 11.1 Å². The summed E-state index contributed by atoms with van der Waals surface area (Å²) >= 11 is 17.3. The van der Waals surface area contributed by atoms with Gasteiger partial charge in [-0.15, -0.1) is 0 Å². The van der Waals surface area contributed by atoms with Gasteiger partial charge in [0.2, 0.25) is 0 Å². The van der Waals surface area contributed by atoms with Gasteiger partial charge in [-0.05, 0) is 35.9 Å². The second kappa shape index (κ2) is 11.6. The third-order valence-corrected chi connectivity index (χ3v) is 5.66. The number of rotatable bonds is 5. The third kappa shape index (κ3) is 8.17. The molecule has 2 rings (SSSR count). The van der Waals surface area contributed by atoms with Gasteiger partial charge in [0.1, 0.15) is 18.3 Å². The average molecular weight is 581 g/mol. The highest BCUT2D eigenvalue weighted by molar-refractivity contribution is 6.48. The van der Waals surface area contributed by atoms with Crippen LogP contribution in [0, 0.1) is 0 Å². The van der Waals surface area contributed by atoms with Crippen molar-refractivity contribution in [1.29, 1.82) is 0 Å². The van der Waals surface area contributed by atoms with Gasteiger partial charge in [-0.3, -0.25) is 10.2 Å². The lowest BCUT2D eigenvalue weighted by molar-refractivity contribution is -0.139. The Hall–Kier alpha value is -2.70. The third-order valence-electron chi connectivity index (χ3n) is 4.47. The van der Waals surface area contributed by atoms with Crippen molar-refractivity contribution in [2.75, 3.05) is 13.6 Å². The highest BCUT2D eigenvalue weighted by Crippen LogP contribution is 2.42. The maximum atomic E-state index is 14.7. The van der Waals surface area contributed by atoms with Crippen molar-refractivity contribution in [3.63, 3.8) is 0 Å². The zero-order valence-corrected chi connectivity index (χ0v) is 20.1. The van der Waals surface area contributed by atoms with E-state index in [9.17, 15) is 40.3 Å². The van der Waals surface area contributed by atoms with Crippen molar-refractivity contribution >= 4 is 52.6 Å². The van der Waals surface area contributed by atoms with Gasteiger partial charge in [0, 0.05) is 18.2 Å². The second-order valence-corrected chi connectivity index (χ2v) is 8.38. The minimum absolute atomic E-state index is 0.161. The molecule has 0 heterocycles. The summed E-state index contributed by atoms with van der Waals surface area (Å²) in [6.07, 6.45) is -9.29. The minimum Gasteiger partial charge on any atom is -0.327 e. The number of allylic oxidation sites excluding steroid dienone is 1. The van der Waals surface area contributed by atoms with E-state index < -0.39 is 48.1 Å². The number of benzene rings is 2. The summed E-state index contributed by atoms with van der Waals surface area (Å²) in [6.45, 7) is -1.63. The molecule has 196 valence electrons. The number of hydrogen-bond acceptors (Lipinski definition) is 2. The van der Waals surface area contributed by atoms with Crippen LogP contribution in [0.5, 0.6) is 0 Å². The molecule has 0 aliphatic rings. The van der Waals surface area contributed by atoms with E-state index in [2.05, 4.69) is 0 Å². The first-order chi connectivity index (χ1) is 16.5. The molecule has 0 aliphatic carbocycles. The van der Waals surface area contributed by atoms with Gasteiger partial charge in [0.05, 0.1) is 15.1 Å². The highest BCUT2D eigenvalue weighted by atomic mass is 35.5. The maximum Gasteiger partial charge on any atom is 0.405 e. The summed E-state index contributed by atoms with van der Waals surface area (Å²) in [4.78, 5) is 23.8. The van der Waals surface area contributed by atoms with Crippen LogP contribution in [-0.2, 0) is 0 Å². The Bertz CT molecular complexity index is 1130. The summed E-state index contributed by atoms with van der Waals surface area (Å²) in [5.41, 5.74) is 1.06. The summed E-state index contributed by atoms with van der Waals surface area (Å²) in [6, 6.07) is 4.64. The lowest BCUT2D eigenvalue weighted by Crippen LogP contribution is -2.50. The van der Waals surface area contributed by atoms with Crippen LogP contribution in [0.3, 0.4) is 0 Å². The molecule has 0 aromatic heterocycles. The zero-order valence-electron chi connectivity index (χ0n) is 17.9. The molecule has 1 atom stereocenters. The van der Waals surface area contributed by atoms with Crippen molar-refractivity contribution in [1.82, 2.24) is 15.8 Å². The van der Waals surface area contributed by atoms with Gasteiger partial charge >= 0.3 is 18.4 Å². The van der Waals surface area contributed by atoms with E-state index in [4.69, 9.17) is 34.8 Å². The van der Waals surface area contributed by atoms with Gasteiger partial charge in [0.25, 0.3) is 5.91 Å². The molecule has 0 bridgehead atoms. The second-order valence-electron chi connectivity index (χ2n) is 7.18. The van der Waals surface area contributed by atoms with Crippen LogP contribution in [0.1, 0.15) is 27.4 Å². The van der Waals surface area contributed by atoms with Crippen LogP contribution in [-0.4, -0.2) is 42.9 Å². The van der Waals surface area contributed by atoms with Crippen molar-refractivity contribution in [3.05, 3.63) is 74.2 Å². The normalized spacial score (nSPS) is 13.2. The summed E-state index contributed by atoms with van der Waals surface area (Å²) in [5.74, 6) is -4.67.